The minimum absolute atomic E-state index is 0.0976. The Hall–Kier alpha value is -2.69. The fraction of sp³-hybridized carbons (Fsp3) is 0.438. The number of likely N-dealkylation sites (tertiary alicyclic amines) is 1. The number of nitro benzene ring substituents is 1. The lowest BCUT2D eigenvalue weighted by Gasteiger charge is -2.30. The summed E-state index contributed by atoms with van der Waals surface area (Å²) in [5.41, 5.74) is 0.282. The number of nitrogens with zero attached hydrogens (tertiary/aromatic N) is 5. The quantitative estimate of drug-likeness (QED) is 0.574. The smallest absolute Gasteiger partial charge is 0.321 e. The van der Waals surface area contributed by atoms with Gasteiger partial charge >= 0.3 is 6.03 Å². The molecule has 1 fully saturated rings. The highest BCUT2D eigenvalue weighted by Crippen LogP contribution is 2.30. The number of nitrogens with one attached hydrogen (secondary N) is 1. The fourth-order valence-electron chi connectivity index (χ4n) is 2.84. The number of halogens is 1. The van der Waals surface area contributed by atoms with Crippen molar-refractivity contribution >= 4 is 39.3 Å². The molecule has 1 N–H and O–H groups in total. The van der Waals surface area contributed by atoms with E-state index in [-0.39, 0.29) is 17.6 Å². The van der Waals surface area contributed by atoms with Gasteiger partial charge in [0.15, 0.2) is 0 Å². The van der Waals surface area contributed by atoms with Crippen molar-refractivity contribution in [1.82, 2.24) is 15.0 Å². The van der Waals surface area contributed by atoms with E-state index in [9.17, 15) is 14.9 Å². The van der Waals surface area contributed by atoms with Gasteiger partial charge in [0.2, 0.25) is 5.89 Å². The lowest BCUT2D eigenvalue weighted by Crippen LogP contribution is -2.40. The number of piperidine rings is 1. The van der Waals surface area contributed by atoms with Crippen LogP contribution in [0.1, 0.15) is 24.7 Å². The molecule has 2 aromatic rings. The highest BCUT2D eigenvalue weighted by atomic mass is 79.9. The third-order valence-corrected chi connectivity index (χ3v) is 5.03. The van der Waals surface area contributed by atoms with Gasteiger partial charge in [-0.25, -0.2) is 4.79 Å². The second-order valence-electron chi connectivity index (χ2n) is 6.44. The van der Waals surface area contributed by atoms with Crippen molar-refractivity contribution in [2.75, 3.05) is 37.4 Å². The summed E-state index contributed by atoms with van der Waals surface area (Å²) in [5.74, 6) is 1.23. The zero-order valence-corrected chi connectivity index (χ0v) is 16.5. The van der Waals surface area contributed by atoms with Gasteiger partial charge in [-0.2, -0.15) is 4.98 Å². The number of carbonyl (C=O) groups excluding carboxylic acids is 1. The largest absolute Gasteiger partial charge is 0.344 e. The fourth-order valence-corrected chi connectivity index (χ4v) is 3.23. The topological polar surface area (TPSA) is 118 Å². The minimum Gasteiger partial charge on any atom is -0.344 e. The number of anilines is 2. The van der Waals surface area contributed by atoms with E-state index in [1.54, 1.807) is 15.9 Å². The Morgan fingerprint density at radius 2 is 2.11 bits per heavy atom. The summed E-state index contributed by atoms with van der Waals surface area (Å²) in [7, 11) is 3.68. The first-order chi connectivity index (χ1) is 12.8. The van der Waals surface area contributed by atoms with E-state index in [1.165, 1.54) is 12.1 Å². The van der Waals surface area contributed by atoms with Crippen LogP contribution in [-0.4, -0.2) is 53.2 Å². The Bertz CT molecular complexity index is 847. The molecule has 0 aliphatic carbocycles. The van der Waals surface area contributed by atoms with Crippen molar-refractivity contribution in [3.63, 3.8) is 0 Å². The van der Waals surface area contributed by atoms with Gasteiger partial charge in [0.25, 0.3) is 11.6 Å². The van der Waals surface area contributed by atoms with Gasteiger partial charge < -0.3 is 19.6 Å². The number of amides is 2. The van der Waals surface area contributed by atoms with Gasteiger partial charge in [0.05, 0.1) is 9.40 Å². The molecule has 0 saturated carbocycles. The Labute approximate surface area is 163 Å². The van der Waals surface area contributed by atoms with Gasteiger partial charge in [-0.15, -0.1) is 0 Å². The Kier molecular flexibility index (Phi) is 5.59. The van der Waals surface area contributed by atoms with Crippen molar-refractivity contribution in [1.29, 1.82) is 0 Å². The monoisotopic (exact) mass is 438 g/mol. The van der Waals surface area contributed by atoms with Crippen molar-refractivity contribution in [2.45, 2.75) is 18.8 Å². The summed E-state index contributed by atoms with van der Waals surface area (Å²) in [6, 6.07) is 4.20. The summed E-state index contributed by atoms with van der Waals surface area (Å²) >= 11 is 3.13. The maximum atomic E-state index is 12.4. The van der Waals surface area contributed by atoms with Gasteiger partial charge in [-0.3, -0.25) is 10.1 Å². The first kappa shape index (κ1) is 19.1. The Balaban J connectivity index is 1.58. The van der Waals surface area contributed by atoms with Crippen LogP contribution in [0.15, 0.2) is 27.2 Å². The summed E-state index contributed by atoms with van der Waals surface area (Å²) in [6.07, 6.45) is 1.42. The maximum Gasteiger partial charge on any atom is 0.321 e. The lowest BCUT2D eigenvalue weighted by atomic mass is 9.97. The molecule has 1 aromatic carbocycles. The third kappa shape index (κ3) is 4.35. The number of benzene rings is 1. The first-order valence-electron chi connectivity index (χ1n) is 8.36. The molecule has 1 aromatic heterocycles. The average Bonchev–Trinajstić information content (AvgIpc) is 3.13. The zero-order chi connectivity index (χ0) is 19.6. The van der Waals surface area contributed by atoms with Gasteiger partial charge in [0, 0.05) is 44.9 Å². The van der Waals surface area contributed by atoms with E-state index in [0.29, 0.717) is 47.9 Å². The van der Waals surface area contributed by atoms with Crippen LogP contribution in [0.5, 0.6) is 0 Å². The van der Waals surface area contributed by atoms with Crippen molar-refractivity contribution < 1.29 is 14.2 Å². The summed E-state index contributed by atoms with van der Waals surface area (Å²) in [5, 5.41) is 17.6. The molecule has 0 bridgehead atoms. The molecule has 1 aliphatic rings. The van der Waals surface area contributed by atoms with Crippen LogP contribution in [0.25, 0.3) is 0 Å². The van der Waals surface area contributed by atoms with Crippen LogP contribution >= 0.6 is 15.9 Å². The number of urea groups is 1. The second kappa shape index (κ2) is 7.91. The first-order valence-corrected chi connectivity index (χ1v) is 9.15. The van der Waals surface area contributed by atoms with Crippen LogP contribution < -0.4 is 10.2 Å². The van der Waals surface area contributed by atoms with E-state index in [0.717, 1.165) is 0 Å². The van der Waals surface area contributed by atoms with E-state index in [2.05, 4.69) is 31.4 Å². The third-order valence-electron chi connectivity index (χ3n) is 4.36. The molecular formula is C16H19BrN6O4. The van der Waals surface area contributed by atoms with E-state index >= 15 is 0 Å². The van der Waals surface area contributed by atoms with Crippen molar-refractivity contribution in [3.8, 4) is 0 Å². The minimum atomic E-state index is -0.502. The molecule has 27 heavy (non-hydrogen) atoms. The molecule has 3 rings (SSSR count). The number of rotatable bonds is 4. The lowest BCUT2D eigenvalue weighted by molar-refractivity contribution is -0.385. The van der Waals surface area contributed by atoms with Crippen molar-refractivity contribution in [3.05, 3.63) is 38.7 Å². The Morgan fingerprint density at radius 1 is 1.41 bits per heavy atom. The van der Waals surface area contributed by atoms with Crippen LogP contribution in [0.3, 0.4) is 0 Å². The molecule has 10 nitrogen and oxygen atoms in total. The normalized spacial score (nSPS) is 14.9. The predicted molar refractivity (Wildman–Crippen MR) is 102 cm³/mol. The molecule has 11 heteroatoms. The number of carbonyl (C=O) groups is 1. The van der Waals surface area contributed by atoms with Crippen LogP contribution in [0.2, 0.25) is 0 Å². The number of hydrogen-bond donors (Lipinski definition) is 1. The van der Waals surface area contributed by atoms with E-state index < -0.39 is 4.92 Å². The van der Waals surface area contributed by atoms with Crippen LogP contribution in [0.4, 0.5) is 22.1 Å². The molecule has 0 unspecified atom stereocenters. The highest BCUT2D eigenvalue weighted by Gasteiger charge is 2.28. The maximum absolute atomic E-state index is 12.4. The predicted octanol–water partition coefficient (Wildman–Crippen LogP) is 3.22. The molecule has 1 aliphatic heterocycles. The summed E-state index contributed by atoms with van der Waals surface area (Å²) < 4.78 is 5.68. The zero-order valence-electron chi connectivity index (χ0n) is 14.9. The Morgan fingerprint density at radius 3 is 2.70 bits per heavy atom. The number of hydrogen-bond acceptors (Lipinski definition) is 7. The molecule has 1 saturated heterocycles. The summed E-state index contributed by atoms with van der Waals surface area (Å²) in [4.78, 5) is 30.8. The molecule has 0 radical (unpaired) electrons. The van der Waals surface area contributed by atoms with E-state index in [4.69, 9.17) is 4.52 Å². The standard InChI is InChI=1S/C16H19BrN6O4/c1-21(2)15-19-14(27-20-15)10-5-7-22(8-6-10)16(24)18-11-3-4-12(17)13(9-11)23(25)26/h3-4,9-10H,5-8H2,1-2H3,(H,18,24). The number of nitro groups is 1. The van der Waals surface area contributed by atoms with Gasteiger partial charge in [-0.05, 0) is 46.1 Å². The second-order valence-corrected chi connectivity index (χ2v) is 7.30. The number of aromatic nitrogens is 2. The molecule has 0 spiro atoms. The molecule has 2 amide bonds. The van der Waals surface area contributed by atoms with Gasteiger partial charge in [-0.1, -0.05) is 0 Å². The molecular weight excluding hydrogens is 420 g/mol. The van der Waals surface area contributed by atoms with Crippen LogP contribution in [-0.2, 0) is 0 Å². The molecule has 2 heterocycles. The highest BCUT2D eigenvalue weighted by molar-refractivity contribution is 9.10. The average molecular weight is 439 g/mol. The summed E-state index contributed by atoms with van der Waals surface area (Å²) in [6.45, 7) is 1.07. The molecule has 144 valence electrons. The van der Waals surface area contributed by atoms with Crippen LogP contribution in [0, 0.1) is 10.1 Å². The van der Waals surface area contributed by atoms with Gasteiger partial charge in [0.1, 0.15) is 0 Å². The SMILES string of the molecule is CN(C)c1noc(C2CCN(C(=O)Nc3ccc(Br)c([N+](=O)[O-])c3)CC2)n1. The van der Waals surface area contributed by atoms with E-state index in [1.807, 2.05) is 14.1 Å². The molecule has 0 atom stereocenters. The van der Waals surface area contributed by atoms with Crippen molar-refractivity contribution in [2.24, 2.45) is 0 Å².